The number of aromatic nitrogens is 2. The molecular weight excluding hydrogens is 325 g/mol. The first-order valence-electron chi connectivity index (χ1n) is 7.08. The highest BCUT2D eigenvalue weighted by Gasteiger charge is 2.22. The Balaban J connectivity index is 1.66. The number of nitrogens with one attached hydrogen (secondary N) is 1. The van der Waals surface area contributed by atoms with Crippen molar-refractivity contribution in [3.05, 3.63) is 52.3 Å². The van der Waals surface area contributed by atoms with Crippen LogP contribution in [0.5, 0.6) is 0 Å². The van der Waals surface area contributed by atoms with E-state index in [2.05, 4.69) is 10.3 Å². The van der Waals surface area contributed by atoms with Crippen LogP contribution < -0.4 is 5.32 Å². The van der Waals surface area contributed by atoms with E-state index in [0.29, 0.717) is 19.8 Å². The average molecular weight is 340 g/mol. The number of hydrogen-bond acceptors (Lipinski definition) is 4. The molecule has 1 unspecified atom stereocenters. The predicted molar refractivity (Wildman–Crippen MR) is 80.1 cm³/mol. The summed E-state index contributed by atoms with van der Waals surface area (Å²) >= 11 is 5.66. The molecule has 2 N–H and O–H groups in total. The fourth-order valence-electron chi connectivity index (χ4n) is 2.44. The minimum atomic E-state index is -1.60. The molecule has 0 radical (unpaired) electrons. The van der Waals surface area contributed by atoms with Crippen LogP contribution in [-0.2, 0) is 29.2 Å². The molecule has 1 aliphatic heterocycles. The largest absolute Gasteiger partial charge is 0.378 e. The lowest BCUT2D eigenvalue weighted by atomic mass is 10.1. The summed E-state index contributed by atoms with van der Waals surface area (Å²) in [6.45, 7) is 1.88. The Morgan fingerprint density at radius 2 is 2.39 bits per heavy atom. The summed E-state index contributed by atoms with van der Waals surface area (Å²) in [6.07, 6.45) is 0.0545. The quantitative estimate of drug-likeness (QED) is 0.886. The lowest BCUT2D eigenvalue weighted by Crippen LogP contribution is -2.30. The number of imidazole rings is 1. The highest BCUT2D eigenvalue weighted by atomic mass is 35.5. The summed E-state index contributed by atoms with van der Waals surface area (Å²) in [5.41, 5.74) is 0.691. The van der Waals surface area contributed by atoms with E-state index in [1.807, 2.05) is 4.57 Å². The Kier molecular flexibility index (Phi) is 4.61. The Bertz CT molecular complexity index is 735. The summed E-state index contributed by atoms with van der Waals surface area (Å²) in [6, 6.07) is 3.77. The number of fused-ring (bicyclic) bond motifs is 1. The number of amides is 1. The number of aliphatic hydroxyl groups is 1. The van der Waals surface area contributed by atoms with Crippen LogP contribution in [0.4, 0.5) is 4.39 Å². The molecule has 1 aromatic heterocycles. The molecule has 1 amide bonds. The van der Waals surface area contributed by atoms with Crippen LogP contribution in [0.25, 0.3) is 0 Å². The van der Waals surface area contributed by atoms with Gasteiger partial charge in [0.15, 0.2) is 6.10 Å². The fourth-order valence-corrected chi connectivity index (χ4v) is 2.60. The van der Waals surface area contributed by atoms with Crippen molar-refractivity contribution in [1.29, 1.82) is 0 Å². The van der Waals surface area contributed by atoms with Gasteiger partial charge >= 0.3 is 0 Å². The van der Waals surface area contributed by atoms with E-state index in [0.717, 1.165) is 17.6 Å². The Morgan fingerprint density at radius 3 is 3.17 bits per heavy atom. The molecule has 0 aliphatic carbocycles. The number of benzene rings is 1. The first-order valence-corrected chi connectivity index (χ1v) is 7.46. The van der Waals surface area contributed by atoms with Gasteiger partial charge in [-0.05, 0) is 12.1 Å². The zero-order chi connectivity index (χ0) is 16.4. The molecule has 1 aliphatic rings. The summed E-state index contributed by atoms with van der Waals surface area (Å²) in [5.74, 6) is -0.613. The van der Waals surface area contributed by atoms with Gasteiger partial charge in [-0.15, -0.1) is 0 Å². The molecule has 1 atom stereocenters. The van der Waals surface area contributed by atoms with Gasteiger partial charge in [-0.3, -0.25) is 4.79 Å². The van der Waals surface area contributed by atoms with Gasteiger partial charge in [-0.2, -0.15) is 0 Å². The van der Waals surface area contributed by atoms with Gasteiger partial charge in [0.2, 0.25) is 0 Å². The molecule has 0 saturated carbocycles. The van der Waals surface area contributed by atoms with Crippen molar-refractivity contribution >= 4 is 17.5 Å². The Hall–Kier alpha value is -1.96. The molecule has 23 heavy (non-hydrogen) atoms. The van der Waals surface area contributed by atoms with Crippen molar-refractivity contribution < 1.29 is 19.0 Å². The SMILES string of the molecule is O=C(NCc1cnc2n1CCOC2)C(O)c1ccc(Cl)cc1F. The third-order valence-electron chi connectivity index (χ3n) is 3.66. The van der Waals surface area contributed by atoms with Gasteiger partial charge in [0.25, 0.3) is 5.91 Å². The lowest BCUT2D eigenvalue weighted by molar-refractivity contribution is -0.130. The van der Waals surface area contributed by atoms with E-state index in [1.54, 1.807) is 6.20 Å². The summed E-state index contributed by atoms with van der Waals surface area (Å²) in [4.78, 5) is 16.2. The maximum absolute atomic E-state index is 13.7. The maximum Gasteiger partial charge on any atom is 0.253 e. The van der Waals surface area contributed by atoms with Crippen LogP contribution >= 0.6 is 11.6 Å². The standard InChI is InChI=1S/C15H15ClFN3O3/c16-9-1-2-11(12(17)5-9)14(21)15(22)19-7-10-6-18-13-8-23-4-3-20(10)13/h1-2,5-6,14,21H,3-4,7-8H2,(H,19,22). The van der Waals surface area contributed by atoms with E-state index in [9.17, 15) is 14.3 Å². The van der Waals surface area contributed by atoms with Crippen molar-refractivity contribution in [2.45, 2.75) is 25.8 Å². The topological polar surface area (TPSA) is 76.4 Å². The van der Waals surface area contributed by atoms with Gasteiger partial charge in [0, 0.05) is 17.1 Å². The molecular formula is C15H15ClFN3O3. The third kappa shape index (κ3) is 3.36. The second kappa shape index (κ2) is 6.66. The van der Waals surface area contributed by atoms with Gasteiger partial charge < -0.3 is 19.7 Å². The minimum absolute atomic E-state index is 0.115. The number of nitrogens with zero attached hydrogens (tertiary/aromatic N) is 2. The van der Waals surface area contributed by atoms with Crippen molar-refractivity contribution in [1.82, 2.24) is 14.9 Å². The molecule has 0 bridgehead atoms. The van der Waals surface area contributed by atoms with Crippen molar-refractivity contribution in [2.75, 3.05) is 6.61 Å². The van der Waals surface area contributed by atoms with Crippen molar-refractivity contribution in [3.8, 4) is 0 Å². The monoisotopic (exact) mass is 339 g/mol. The molecule has 2 heterocycles. The van der Waals surface area contributed by atoms with E-state index < -0.39 is 17.8 Å². The highest BCUT2D eigenvalue weighted by molar-refractivity contribution is 6.30. The molecule has 0 fully saturated rings. The number of ether oxygens (including phenoxy) is 1. The van der Waals surface area contributed by atoms with Gasteiger partial charge in [0.05, 0.1) is 25.0 Å². The smallest absolute Gasteiger partial charge is 0.253 e. The van der Waals surface area contributed by atoms with Gasteiger partial charge in [0.1, 0.15) is 18.2 Å². The number of hydrogen-bond donors (Lipinski definition) is 2. The lowest BCUT2D eigenvalue weighted by Gasteiger charge is -2.18. The highest BCUT2D eigenvalue weighted by Crippen LogP contribution is 2.21. The fraction of sp³-hybridized carbons (Fsp3) is 0.333. The molecule has 0 spiro atoms. The minimum Gasteiger partial charge on any atom is -0.378 e. The van der Waals surface area contributed by atoms with E-state index in [4.69, 9.17) is 16.3 Å². The summed E-state index contributed by atoms with van der Waals surface area (Å²) in [7, 11) is 0. The number of rotatable bonds is 4. The first-order chi connectivity index (χ1) is 11.1. The van der Waals surface area contributed by atoms with Crippen LogP contribution in [0.2, 0.25) is 5.02 Å². The Morgan fingerprint density at radius 1 is 1.57 bits per heavy atom. The molecule has 2 aromatic rings. The summed E-state index contributed by atoms with van der Waals surface area (Å²) in [5, 5.41) is 12.8. The molecule has 6 nitrogen and oxygen atoms in total. The third-order valence-corrected chi connectivity index (χ3v) is 3.90. The normalized spacial score (nSPS) is 15.1. The predicted octanol–water partition coefficient (Wildman–Crippen LogP) is 1.56. The average Bonchev–Trinajstić information content (AvgIpc) is 2.95. The summed E-state index contributed by atoms with van der Waals surface area (Å²) < 4.78 is 21.0. The number of aliphatic hydroxyl groups excluding tert-OH is 1. The second-order valence-electron chi connectivity index (χ2n) is 5.16. The van der Waals surface area contributed by atoms with Crippen LogP contribution in [0.1, 0.15) is 23.2 Å². The molecule has 3 rings (SSSR count). The number of carbonyl (C=O) groups is 1. The zero-order valence-corrected chi connectivity index (χ0v) is 12.9. The first kappa shape index (κ1) is 15.9. The zero-order valence-electron chi connectivity index (χ0n) is 12.1. The van der Waals surface area contributed by atoms with Crippen LogP contribution in [0.15, 0.2) is 24.4 Å². The number of carbonyl (C=O) groups excluding carboxylic acids is 1. The molecule has 8 heteroatoms. The van der Waals surface area contributed by atoms with Crippen LogP contribution in [-0.4, -0.2) is 27.2 Å². The van der Waals surface area contributed by atoms with E-state index in [1.165, 1.54) is 12.1 Å². The van der Waals surface area contributed by atoms with E-state index in [-0.39, 0.29) is 17.1 Å². The van der Waals surface area contributed by atoms with Crippen LogP contribution in [0, 0.1) is 5.82 Å². The number of halogens is 2. The van der Waals surface area contributed by atoms with Crippen LogP contribution in [0.3, 0.4) is 0 Å². The van der Waals surface area contributed by atoms with Gasteiger partial charge in [-0.25, -0.2) is 9.37 Å². The molecule has 0 saturated heterocycles. The Labute approximate surface area is 136 Å². The maximum atomic E-state index is 13.7. The second-order valence-corrected chi connectivity index (χ2v) is 5.59. The molecule has 122 valence electrons. The molecule has 1 aromatic carbocycles. The van der Waals surface area contributed by atoms with Crippen molar-refractivity contribution in [3.63, 3.8) is 0 Å². The van der Waals surface area contributed by atoms with E-state index >= 15 is 0 Å². The van der Waals surface area contributed by atoms with Gasteiger partial charge in [-0.1, -0.05) is 17.7 Å². The van der Waals surface area contributed by atoms with Crippen molar-refractivity contribution in [2.24, 2.45) is 0 Å².